The molecule has 4 nitrogen and oxygen atoms in total. The third kappa shape index (κ3) is 1.83. The molecular formula is C12H15N3OS. The van der Waals surface area contributed by atoms with Gasteiger partial charge in [-0.15, -0.1) is 0 Å². The lowest BCUT2D eigenvalue weighted by Crippen LogP contribution is -2.68. The van der Waals surface area contributed by atoms with Crippen molar-refractivity contribution in [2.45, 2.75) is 25.4 Å². The summed E-state index contributed by atoms with van der Waals surface area (Å²) >= 11 is 4.34. The second-order valence-electron chi connectivity index (χ2n) is 4.85. The van der Waals surface area contributed by atoms with Crippen LogP contribution in [0, 0.1) is 6.92 Å². The number of carbonyl (C=O) groups is 1. The summed E-state index contributed by atoms with van der Waals surface area (Å²) in [6, 6.07) is 4.40. The molecule has 2 bridgehead atoms. The molecule has 0 aliphatic carbocycles. The van der Waals surface area contributed by atoms with Gasteiger partial charge in [0.1, 0.15) is 5.69 Å². The first-order chi connectivity index (χ1) is 8.15. The molecule has 0 aromatic carbocycles. The van der Waals surface area contributed by atoms with E-state index in [-0.39, 0.29) is 5.91 Å². The lowest BCUT2D eigenvalue weighted by Gasteiger charge is -2.55. The quantitative estimate of drug-likeness (QED) is 0.758. The number of fused-ring (bicyclic) bond motifs is 2. The average molecular weight is 249 g/mol. The van der Waals surface area contributed by atoms with Gasteiger partial charge in [-0.2, -0.15) is 0 Å². The molecule has 0 spiro atoms. The lowest BCUT2D eigenvalue weighted by atomic mass is 9.88. The number of thiol groups is 1. The average Bonchev–Trinajstić information content (AvgIpc) is 2.28. The number of nitrogens with zero attached hydrogens (tertiary/aromatic N) is 3. The van der Waals surface area contributed by atoms with E-state index in [1.54, 1.807) is 6.20 Å². The molecule has 1 aromatic rings. The Hall–Kier alpha value is -1.07. The molecule has 3 heterocycles. The van der Waals surface area contributed by atoms with E-state index in [2.05, 4.69) is 17.8 Å². The van der Waals surface area contributed by atoms with Crippen molar-refractivity contribution in [3.8, 4) is 0 Å². The van der Waals surface area contributed by atoms with Gasteiger partial charge >= 0.3 is 0 Å². The highest BCUT2D eigenvalue weighted by Gasteiger charge is 2.46. The van der Waals surface area contributed by atoms with E-state index in [1.807, 2.05) is 28.3 Å². The molecule has 3 rings (SSSR count). The number of hydrogen-bond acceptors (Lipinski definition) is 4. The Morgan fingerprint density at radius 2 is 2.18 bits per heavy atom. The van der Waals surface area contributed by atoms with Crippen LogP contribution in [0.25, 0.3) is 0 Å². The first-order valence-corrected chi connectivity index (χ1v) is 6.24. The maximum Gasteiger partial charge on any atom is 0.273 e. The Bertz CT molecular complexity index is 453. The molecule has 1 amide bonds. The van der Waals surface area contributed by atoms with Crippen LogP contribution in [0.2, 0.25) is 0 Å². The lowest BCUT2D eigenvalue weighted by molar-refractivity contribution is -0.0221. The number of aromatic nitrogens is 1. The van der Waals surface area contributed by atoms with E-state index in [9.17, 15) is 4.79 Å². The number of pyridine rings is 1. The number of carbonyl (C=O) groups excluding carboxylic acids is 1. The summed E-state index contributed by atoms with van der Waals surface area (Å²) in [4.78, 5) is 18.5. The number of hydrogen-bond donors (Lipinski definition) is 1. The fourth-order valence-corrected chi connectivity index (χ4v) is 3.08. The third-order valence-corrected chi connectivity index (χ3v) is 3.87. The van der Waals surface area contributed by atoms with Crippen molar-refractivity contribution in [2.24, 2.45) is 0 Å². The highest BCUT2D eigenvalue weighted by atomic mass is 32.1. The summed E-state index contributed by atoms with van der Waals surface area (Å²) in [7, 11) is 0. The van der Waals surface area contributed by atoms with Crippen molar-refractivity contribution in [3.63, 3.8) is 0 Å². The minimum absolute atomic E-state index is 0.0661. The maximum atomic E-state index is 12.3. The second-order valence-corrected chi connectivity index (χ2v) is 5.41. The first kappa shape index (κ1) is 11.0. The van der Waals surface area contributed by atoms with Gasteiger partial charge in [0.05, 0.1) is 0 Å². The van der Waals surface area contributed by atoms with Crippen LogP contribution < -0.4 is 0 Å². The molecule has 90 valence electrons. The Labute approximate surface area is 106 Å². The molecule has 0 radical (unpaired) electrons. The Kier molecular flexibility index (Phi) is 2.60. The topological polar surface area (TPSA) is 36.4 Å². The Morgan fingerprint density at radius 3 is 2.82 bits per heavy atom. The Balaban J connectivity index is 1.80. The summed E-state index contributed by atoms with van der Waals surface area (Å²) in [5.41, 5.74) is 1.64. The van der Waals surface area contributed by atoms with Crippen molar-refractivity contribution < 1.29 is 4.79 Å². The number of likely N-dealkylation sites (tertiary alicyclic amines) is 1. The van der Waals surface area contributed by atoms with Gasteiger partial charge in [-0.1, -0.05) is 12.8 Å². The molecule has 0 saturated carbocycles. The standard InChI is InChI=1S/C12H15N3OS/c1-8-2-3-13-11(4-8)12(16)15-9-5-10(15)7-14(17)6-9/h2-4,9-10,17H,5-7H2,1H3. The van der Waals surface area contributed by atoms with E-state index < -0.39 is 0 Å². The fourth-order valence-electron chi connectivity index (χ4n) is 2.70. The van der Waals surface area contributed by atoms with Crippen molar-refractivity contribution in [3.05, 3.63) is 29.6 Å². The summed E-state index contributed by atoms with van der Waals surface area (Å²) in [6.45, 7) is 3.69. The van der Waals surface area contributed by atoms with Gasteiger partial charge in [-0.25, -0.2) is 4.31 Å². The largest absolute Gasteiger partial charge is 0.329 e. The van der Waals surface area contributed by atoms with E-state index >= 15 is 0 Å². The monoisotopic (exact) mass is 249 g/mol. The van der Waals surface area contributed by atoms with Crippen LogP contribution in [0.1, 0.15) is 22.5 Å². The summed E-state index contributed by atoms with van der Waals surface area (Å²) in [5.74, 6) is 0.0661. The smallest absolute Gasteiger partial charge is 0.273 e. The van der Waals surface area contributed by atoms with Crippen LogP contribution in [0.5, 0.6) is 0 Å². The number of aryl methyl sites for hydroxylation is 1. The first-order valence-electron chi connectivity index (χ1n) is 5.84. The molecule has 0 N–H and O–H groups in total. The van der Waals surface area contributed by atoms with E-state index in [4.69, 9.17) is 0 Å². The summed E-state index contributed by atoms with van der Waals surface area (Å²) in [6.07, 6.45) is 2.80. The zero-order valence-corrected chi connectivity index (χ0v) is 10.6. The van der Waals surface area contributed by atoms with E-state index in [1.165, 1.54) is 0 Å². The van der Waals surface area contributed by atoms with Crippen molar-refractivity contribution in [1.82, 2.24) is 14.2 Å². The predicted molar refractivity (Wildman–Crippen MR) is 67.9 cm³/mol. The van der Waals surface area contributed by atoms with Crippen LogP contribution in [-0.4, -0.2) is 45.3 Å². The highest BCUT2D eigenvalue weighted by Crippen LogP contribution is 2.33. The number of amides is 1. The normalized spacial score (nSPS) is 27.8. The van der Waals surface area contributed by atoms with Gasteiger partial charge in [-0.05, 0) is 31.0 Å². The van der Waals surface area contributed by atoms with Crippen molar-refractivity contribution >= 4 is 18.7 Å². The third-order valence-electron chi connectivity index (χ3n) is 3.54. The minimum atomic E-state index is 0.0661. The highest BCUT2D eigenvalue weighted by molar-refractivity contribution is 7.77. The number of piperidine rings is 1. The Morgan fingerprint density at radius 1 is 1.47 bits per heavy atom. The summed E-state index contributed by atoms with van der Waals surface area (Å²) < 4.78 is 1.99. The van der Waals surface area contributed by atoms with Crippen molar-refractivity contribution in [2.75, 3.05) is 13.1 Å². The van der Waals surface area contributed by atoms with Gasteiger partial charge in [0.25, 0.3) is 5.91 Å². The molecule has 5 heteroatoms. The van der Waals surface area contributed by atoms with Gasteiger partial charge < -0.3 is 4.90 Å². The van der Waals surface area contributed by atoms with Gasteiger partial charge in [0.2, 0.25) is 0 Å². The molecule has 1 aromatic heterocycles. The molecule has 2 fully saturated rings. The number of piperazine rings is 1. The van der Waals surface area contributed by atoms with Crippen LogP contribution in [0.3, 0.4) is 0 Å². The predicted octanol–water partition coefficient (Wildman–Crippen LogP) is 1.13. The van der Waals surface area contributed by atoms with Gasteiger partial charge in [0.15, 0.2) is 0 Å². The molecule has 2 aliphatic rings. The van der Waals surface area contributed by atoms with Crippen LogP contribution >= 0.6 is 12.8 Å². The van der Waals surface area contributed by atoms with E-state index in [0.717, 1.165) is 25.1 Å². The summed E-state index contributed by atoms with van der Waals surface area (Å²) in [5, 5.41) is 0. The molecule has 2 unspecified atom stereocenters. The molecule has 2 aliphatic heterocycles. The second kappa shape index (κ2) is 3.99. The maximum absolute atomic E-state index is 12.3. The molecule has 2 saturated heterocycles. The SMILES string of the molecule is Cc1ccnc(C(=O)N2C3CC2CN(S)C3)c1. The van der Waals surface area contributed by atoms with Gasteiger partial charge in [0, 0.05) is 31.4 Å². The van der Waals surface area contributed by atoms with Crippen LogP contribution in [0.15, 0.2) is 18.3 Å². The molecular weight excluding hydrogens is 234 g/mol. The zero-order chi connectivity index (χ0) is 12.0. The minimum Gasteiger partial charge on any atom is -0.329 e. The molecule has 2 atom stereocenters. The van der Waals surface area contributed by atoms with Crippen LogP contribution in [0.4, 0.5) is 0 Å². The number of rotatable bonds is 1. The van der Waals surface area contributed by atoms with Crippen LogP contribution in [-0.2, 0) is 0 Å². The zero-order valence-electron chi connectivity index (χ0n) is 9.71. The fraction of sp³-hybridized carbons (Fsp3) is 0.500. The van der Waals surface area contributed by atoms with E-state index in [0.29, 0.717) is 17.8 Å². The van der Waals surface area contributed by atoms with Crippen molar-refractivity contribution in [1.29, 1.82) is 0 Å². The van der Waals surface area contributed by atoms with Gasteiger partial charge in [-0.3, -0.25) is 9.78 Å². The molecule has 17 heavy (non-hydrogen) atoms.